The van der Waals surface area contributed by atoms with Crippen LogP contribution >= 0.6 is 0 Å². The van der Waals surface area contributed by atoms with Crippen molar-refractivity contribution >= 4 is 0 Å². The predicted molar refractivity (Wildman–Crippen MR) is 42.6 cm³/mol. The van der Waals surface area contributed by atoms with Crippen LogP contribution < -0.4 is 5.73 Å². The van der Waals surface area contributed by atoms with Crippen LogP contribution in [0, 0.1) is 17.8 Å². The van der Waals surface area contributed by atoms with Gasteiger partial charge in [0.1, 0.15) is 0 Å². The molecule has 0 spiro atoms. The predicted octanol–water partition coefficient (Wildman–Crippen LogP) is 1.77. The summed E-state index contributed by atoms with van der Waals surface area (Å²) in [6, 6.07) is 0.433. The van der Waals surface area contributed by atoms with Crippen LogP contribution in [0.15, 0.2) is 0 Å². The Bertz CT molecular complexity index is 121. The van der Waals surface area contributed by atoms with Crippen molar-refractivity contribution in [3.05, 3.63) is 0 Å². The van der Waals surface area contributed by atoms with Crippen LogP contribution in [0.1, 0.15) is 32.6 Å². The van der Waals surface area contributed by atoms with E-state index in [-0.39, 0.29) is 0 Å². The summed E-state index contributed by atoms with van der Waals surface area (Å²) in [5, 5.41) is 0. The van der Waals surface area contributed by atoms with Gasteiger partial charge < -0.3 is 5.73 Å². The molecule has 2 saturated carbocycles. The summed E-state index contributed by atoms with van der Waals surface area (Å²) in [5.74, 6) is 3.25. The quantitative estimate of drug-likeness (QED) is 0.620. The molecule has 0 amide bonds. The third-order valence-electron chi connectivity index (χ3n) is 3.05. The zero-order valence-corrected chi connectivity index (χ0v) is 6.72. The van der Waals surface area contributed by atoms with Gasteiger partial charge in [-0.25, -0.2) is 0 Å². The fraction of sp³-hybridized carbons (Fsp3) is 1.00. The minimum atomic E-state index is 0.433. The Morgan fingerprint density at radius 2 is 1.90 bits per heavy atom. The maximum absolute atomic E-state index is 5.73. The van der Waals surface area contributed by atoms with E-state index in [1.807, 2.05) is 0 Å². The third kappa shape index (κ3) is 1.20. The second-order valence-corrected chi connectivity index (χ2v) is 4.31. The Hall–Kier alpha value is -0.0400. The second-order valence-electron chi connectivity index (χ2n) is 4.31. The molecular weight excluding hydrogens is 122 g/mol. The fourth-order valence-corrected chi connectivity index (χ4v) is 2.56. The highest BCUT2D eigenvalue weighted by molar-refractivity contribution is 4.96. The van der Waals surface area contributed by atoms with E-state index in [4.69, 9.17) is 5.73 Å². The molecule has 3 unspecified atom stereocenters. The Labute approximate surface area is 63.0 Å². The second kappa shape index (κ2) is 2.23. The Balaban J connectivity index is 1.76. The summed E-state index contributed by atoms with van der Waals surface area (Å²) in [4.78, 5) is 0. The summed E-state index contributed by atoms with van der Waals surface area (Å²) in [6.07, 6.45) is 5.79. The Morgan fingerprint density at radius 1 is 1.30 bits per heavy atom. The van der Waals surface area contributed by atoms with Crippen molar-refractivity contribution in [3.8, 4) is 0 Å². The standard InChI is InChI=1S/C9H17N/c1-6(10)2-7-3-8-5-9(8)4-7/h6-9H,2-5,10H2,1H3. The van der Waals surface area contributed by atoms with E-state index in [2.05, 4.69) is 6.92 Å². The summed E-state index contributed by atoms with van der Waals surface area (Å²) in [6.45, 7) is 2.13. The lowest BCUT2D eigenvalue weighted by molar-refractivity contribution is 0.419. The zero-order chi connectivity index (χ0) is 7.14. The topological polar surface area (TPSA) is 26.0 Å². The molecule has 1 heteroatoms. The molecular formula is C9H17N. The van der Waals surface area contributed by atoms with Crippen molar-refractivity contribution in [2.45, 2.75) is 38.6 Å². The van der Waals surface area contributed by atoms with Gasteiger partial charge in [-0.05, 0) is 50.4 Å². The molecule has 58 valence electrons. The van der Waals surface area contributed by atoms with Crippen molar-refractivity contribution in [2.75, 3.05) is 0 Å². The summed E-state index contributed by atoms with van der Waals surface area (Å²) in [5.41, 5.74) is 5.73. The minimum absolute atomic E-state index is 0.433. The van der Waals surface area contributed by atoms with Crippen molar-refractivity contribution in [1.29, 1.82) is 0 Å². The lowest BCUT2D eigenvalue weighted by Crippen LogP contribution is -2.18. The van der Waals surface area contributed by atoms with Crippen LogP contribution in [0.4, 0.5) is 0 Å². The van der Waals surface area contributed by atoms with Gasteiger partial charge in [0.15, 0.2) is 0 Å². The van der Waals surface area contributed by atoms with Crippen LogP contribution in [0.25, 0.3) is 0 Å². The van der Waals surface area contributed by atoms with Crippen molar-refractivity contribution in [3.63, 3.8) is 0 Å². The van der Waals surface area contributed by atoms with E-state index in [1.54, 1.807) is 0 Å². The average molecular weight is 139 g/mol. The maximum atomic E-state index is 5.73. The molecule has 0 aromatic rings. The van der Waals surface area contributed by atoms with Crippen LogP contribution in [0.5, 0.6) is 0 Å². The van der Waals surface area contributed by atoms with Gasteiger partial charge in [0.25, 0.3) is 0 Å². The monoisotopic (exact) mass is 139 g/mol. The first-order valence-electron chi connectivity index (χ1n) is 4.51. The van der Waals surface area contributed by atoms with E-state index in [0.29, 0.717) is 6.04 Å². The lowest BCUT2D eigenvalue weighted by atomic mass is 9.96. The Kier molecular flexibility index (Phi) is 1.48. The number of rotatable bonds is 2. The molecule has 2 aliphatic carbocycles. The van der Waals surface area contributed by atoms with Crippen LogP contribution in [0.3, 0.4) is 0 Å². The van der Waals surface area contributed by atoms with Crippen LogP contribution in [-0.2, 0) is 0 Å². The molecule has 0 aliphatic heterocycles. The first kappa shape index (κ1) is 6.66. The molecule has 0 heterocycles. The summed E-state index contributed by atoms with van der Waals surface area (Å²) >= 11 is 0. The van der Waals surface area contributed by atoms with Gasteiger partial charge in [0.2, 0.25) is 0 Å². The molecule has 2 N–H and O–H groups in total. The molecule has 0 bridgehead atoms. The Morgan fingerprint density at radius 3 is 2.40 bits per heavy atom. The van der Waals surface area contributed by atoms with Gasteiger partial charge in [-0.2, -0.15) is 0 Å². The van der Waals surface area contributed by atoms with Gasteiger partial charge in [-0.1, -0.05) is 0 Å². The highest BCUT2D eigenvalue weighted by Gasteiger charge is 2.45. The molecule has 2 rings (SSSR count). The fourth-order valence-electron chi connectivity index (χ4n) is 2.56. The SMILES string of the molecule is CC(N)CC1CC2CC2C1. The summed E-state index contributed by atoms with van der Waals surface area (Å²) < 4.78 is 0. The number of fused-ring (bicyclic) bond motifs is 1. The van der Waals surface area contributed by atoms with Gasteiger partial charge in [-0.3, -0.25) is 0 Å². The van der Waals surface area contributed by atoms with E-state index in [9.17, 15) is 0 Å². The van der Waals surface area contributed by atoms with E-state index >= 15 is 0 Å². The third-order valence-corrected chi connectivity index (χ3v) is 3.05. The van der Waals surface area contributed by atoms with Gasteiger partial charge >= 0.3 is 0 Å². The van der Waals surface area contributed by atoms with E-state index in [1.165, 1.54) is 25.7 Å². The zero-order valence-electron chi connectivity index (χ0n) is 6.72. The van der Waals surface area contributed by atoms with E-state index < -0.39 is 0 Å². The first-order valence-corrected chi connectivity index (χ1v) is 4.51. The molecule has 1 nitrogen and oxygen atoms in total. The van der Waals surface area contributed by atoms with E-state index in [0.717, 1.165) is 17.8 Å². The lowest BCUT2D eigenvalue weighted by Gasteiger charge is -2.13. The molecule has 2 fully saturated rings. The number of hydrogen-bond donors (Lipinski definition) is 1. The molecule has 0 radical (unpaired) electrons. The largest absolute Gasteiger partial charge is 0.328 e. The smallest absolute Gasteiger partial charge is 0.00131 e. The highest BCUT2D eigenvalue weighted by Crippen LogP contribution is 2.55. The first-order chi connectivity index (χ1) is 4.75. The average Bonchev–Trinajstić information content (AvgIpc) is 2.39. The molecule has 3 atom stereocenters. The van der Waals surface area contributed by atoms with Crippen molar-refractivity contribution in [1.82, 2.24) is 0 Å². The molecule has 2 aliphatic rings. The molecule has 0 saturated heterocycles. The van der Waals surface area contributed by atoms with Gasteiger partial charge in [0.05, 0.1) is 0 Å². The molecule has 0 aromatic carbocycles. The maximum Gasteiger partial charge on any atom is 0.00131 e. The minimum Gasteiger partial charge on any atom is -0.328 e. The normalized spacial score (nSPS) is 46.8. The van der Waals surface area contributed by atoms with Gasteiger partial charge in [0, 0.05) is 6.04 Å². The molecule has 0 aromatic heterocycles. The number of nitrogens with two attached hydrogens (primary N) is 1. The highest BCUT2D eigenvalue weighted by atomic mass is 14.6. The van der Waals surface area contributed by atoms with Crippen molar-refractivity contribution in [2.24, 2.45) is 23.5 Å². The van der Waals surface area contributed by atoms with Crippen LogP contribution in [-0.4, -0.2) is 6.04 Å². The summed E-state index contributed by atoms with van der Waals surface area (Å²) in [7, 11) is 0. The molecule has 10 heavy (non-hydrogen) atoms. The van der Waals surface area contributed by atoms with Gasteiger partial charge in [-0.15, -0.1) is 0 Å². The van der Waals surface area contributed by atoms with Crippen LogP contribution in [0.2, 0.25) is 0 Å². The number of hydrogen-bond acceptors (Lipinski definition) is 1. The van der Waals surface area contributed by atoms with Crippen molar-refractivity contribution < 1.29 is 0 Å².